The second-order valence-corrected chi connectivity index (χ2v) is 15.9. The van der Waals surface area contributed by atoms with Crippen molar-refractivity contribution in [2.24, 2.45) is 0 Å². The van der Waals surface area contributed by atoms with E-state index in [2.05, 4.69) is 181 Å². The zero-order valence-corrected chi connectivity index (χ0v) is 32.0. The van der Waals surface area contributed by atoms with E-state index in [4.69, 9.17) is 8.83 Å². The smallest absolute Gasteiger partial charge is 0.135 e. The lowest BCUT2D eigenvalue weighted by Crippen LogP contribution is -2.10. The van der Waals surface area contributed by atoms with Gasteiger partial charge in [0, 0.05) is 58.8 Å². The third-order valence-corrected chi connectivity index (χ3v) is 12.7. The van der Waals surface area contributed by atoms with Crippen LogP contribution < -0.4 is 4.90 Å². The fourth-order valence-electron chi connectivity index (χ4n) is 8.67. The second kappa shape index (κ2) is 13.1. The predicted molar refractivity (Wildman–Crippen MR) is 245 cm³/mol. The van der Waals surface area contributed by atoms with E-state index in [9.17, 15) is 0 Å². The molecule has 0 amide bonds. The van der Waals surface area contributed by atoms with Crippen LogP contribution in [0.2, 0.25) is 0 Å². The molecule has 0 saturated heterocycles. The van der Waals surface area contributed by atoms with Gasteiger partial charge in [-0.15, -0.1) is 11.3 Å². The maximum absolute atomic E-state index is 6.18. The number of anilines is 3. The molecule has 58 heavy (non-hydrogen) atoms. The molecule has 9 aromatic carbocycles. The minimum Gasteiger partial charge on any atom is -0.456 e. The van der Waals surface area contributed by atoms with Crippen LogP contribution in [0.1, 0.15) is 0 Å². The molecule has 272 valence electrons. The highest BCUT2D eigenvalue weighted by Gasteiger charge is 2.18. The molecule has 0 saturated carbocycles. The second-order valence-electron chi connectivity index (χ2n) is 14.9. The molecule has 0 bridgehead atoms. The van der Waals surface area contributed by atoms with Crippen LogP contribution in [0.5, 0.6) is 0 Å². The lowest BCUT2D eigenvalue weighted by molar-refractivity contribution is 0.668. The Morgan fingerprint density at radius 1 is 0.310 bits per heavy atom. The molecule has 0 radical (unpaired) electrons. The summed E-state index contributed by atoms with van der Waals surface area (Å²) in [6.07, 6.45) is 0. The zero-order chi connectivity index (χ0) is 38.2. The molecule has 4 heteroatoms. The minimum absolute atomic E-state index is 0.897. The highest BCUT2D eigenvalue weighted by Crippen LogP contribution is 2.44. The van der Waals surface area contributed by atoms with Crippen molar-refractivity contribution in [2.75, 3.05) is 4.90 Å². The predicted octanol–water partition coefficient (Wildman–Crippen LogP) is 16.3. The summed E-state index contributed by atoms with van der Waals surface area (Å²) in [5, 5.41) is 7.11. The van der Waals surface area contributed by atoms with E-state index in [0.717, 1.165) is 83.2 Å². The molecule has 0 aliphatic rings. The maximum Gasteiger partial charge on any atom is 0.135 e. The van der Waals surface area contributed by atoms with Gasteiger partial charge in [0.25, 0.3) is 0 Å². The molecule has 3 nitrogen and oxygen atoms in total. The molecule has 0 aliphatic heterocycles. The first-order valence-electron chi connectivity index (χ1n) is 19.6. The third-order valence-electron chi connectivity index (χ3n) is 11.5. The number of nitrogens with zero attached hydrogens (tertiary/aromatic N) is 1. The van der Waals surface area contributed by atoms with E-state index in [1.807, 2.05) is 35.6 Å². The van der Waals surface area contributed by atoms with Gasteiger partial charge in [-0.2, -0.15) is 0 Å². The van der Waals surface area contributed by atoms with Crippen LogP contribution in [0.3, 0.4) is 0 Å². The molecule has 0 fully saturated rings. The number of thiophene rings is 1. The van der Waals surface area contributed by atoms with Crippen molar-refractivity contribution in [2.45, 2.75) is 0 Å². The third kappa shape index (κ3) is 5.34. The number of benzene rings is 9. The number of fused-ring (bicyclic) bond motifs is 9. The molecule has 0 aliphatic carbocycles. The highest BCUT2D eigenvalue weighted by molar-refractivity contribution is 7.26. The summed E-state index contributed by atoms with van der Waals surface area (Å²) in [6.45, 7) is 0. The van der Waals surface area contributed by atoms with Crippen LogP contribution in [-0.2, 0) is 0 Å². The van der Waals surface area contributed by atoms with E-state index in [0.29, 0.717) is 0 Å². The first-order chi connectivity index (χ1) is 28.7. The Morgan fingerprint density at radius 2 is 0.810 bits per heavy atom. The summed E-state index contributed by atoms with van der Waals surface area (Å²) in [6, 6.07) is 71.7. The van der Waals surface area contributed by atoms with Gasteiger partial charge in [0.1, 0.15) is 22.3 Å². The van der Waals surface area contributed by atoms with Crippen LogP contribution >= 0.6 is 11.3 Å². The van der Waals surface area contributed by atoms with E-state index >= 15 is 0 Å². The van der Waals surface area contributed by atoms with Crippen LogP contribution in [0.4, 0.5) is 17.1 Å². The lowest BCUT2D eigenvalue weighted by atomic mass is 10.00. The fraction of sp³-hybridized carbons (Fsp3) is 0. The molecule has 0 spiro atoms. The monoisotopic (exact) mass is 759 g/mol. The van der Waals surface area contributed by atoms with E-state index < -0.39 is 0 Å². The summed E-state index contributed by atoms with van der Waals surface area (Å²) in [4.78, 5) is 2.38. The Hall–Kier alpha value is -7.40. The SMILES string of the molecule is c1cc(-c2ccc3oc4ccccc4c3c2)cc(N(c2ccc(-c3ccc4oc5ccccc5c4c3)cc2)c2cccc(-c3cccc4c3sc3ccccc34)c2)c1. The number of furan rings is 2. The molecule has 3 aromatic heterocycles. The van der Waals surface area contributed by atoms with Gasteiger partial charge in [-0.3, -0.25) is 0 Å². The van der Waals surface area contributed by atoms with Crippen molar-refractivity contribution in [3.63, 3.8) is 0 Å². The Labute approximate surface area is 338 Å². The van der Waals surface area contributed by atoms with Crippen LogP contribution in [0, 0.1) is 0 Å². The minimum atomic E-state index is 0.897. The van der Waals surface area contributed by atoms with Gasteiger partial charge in [-0.1, -0.05) is 121 Å². The quantitative estimate of drug-likeness (QED) is 0.169. The maximum atomic E-state index is 6.18. The summed E-state index contributed by atoms with van der Waals surface area (Å²) in [5.74, 6) is 0. The van der Waals surface area contributed by atoms with E-state index in [-0.39, 0.29) is 0 Å². The van der Waals surface area contributed by atoms with Gasteiger partial charge < -0.3 is 13.7 Å². The van der Waals surface area contributed by atoms with Crippen LogP contribution in [0.25, 0.3) is 97.4 Å². The Bertz CT molecular complexity index is 3530. The van der Waals surface area contributed by atoms with Gasteiger partial charge in [-0.05, 0) is 112 Å². The molecule has 3 heterocycles. The van der Waals surface area contributed by atoms with Crippen LogP contribution in [0.15, 0.2) is 209 Å². The molecule has 12 rings (SSSR count). The summed E-state index contributed by atoms with van der Waals surface area (Å²) >= 11 is 1.87. The number of para-hydroxylation sites is 2. The molecule has 0 N–H and O–H groups in total. The number of hydrogen-bond acceptors (Lipinski definition) is 4. The Morgan fingerprint density at radius 3 is 1.50 bits per heavy atom. The van der Waals surface area contributed by atoms with Crippen LogP contribution in [-0.4, -0.2) is 0 Å². The van der Waals surface area contributed by atoms with Gasteiger partial charge in [-0.25, -0.2) is 0 Å². The van der Waals surface area contributed by atoms with Gasteiger partial charge in [0.05, 0.1) is 0 Å². The van der Waals surface area contributed by atoms with Gasteiger partial charge in [0.15, 0.2) is 0 Å². The van der Waals surface area contributed by atoms with Crippen molar-refractivity contribution in [3.05, 3.63) is 200 Å². The topological polar surface area (TPSA) is 29.5 Å². The first kappa shape index (κ1) is 32.8. The van der Waals surface area contributed by atoms with Gasteiger partial charge in [0.2, 0.25) is 0 Å². The van der Waals surface area contributed by atoms with Crippen molar-refractivity contribution in [3.8, 4) is 33.4 Å². The van der Waals surface area contributed by atoms with Crippen molar-refractivity contribution < 1.29 is 8.83 Å². The Kier molecular flexibility index (Phi) is 7.40. The van der Waals surface area contributed by atoms with Crippen molar-refractivity contribution >= 4 is 92.4 Å². The largest absolute Gasteiger partial charge is 0.456 e. The van der Waals surface area contributed by atoms with E-state index in [1.54, 1.807) is 0 Å². The Balaban J connectivity index is 0.991. The zero-order valence-electron chi connectivity index (χ0n) is 31.2. The van der Waals surface area contributed by atoms with Crippen molar-refractivity contribution in [1.29, 1.82) is 0 Å². The highest BCUT2D eigenvalue weighted by atomic mass is 32.1. The molecular weight excluding hydrogens is 727 g/mol. The number of rotatable bonds is 6. The number of hydrogen-bond donors (Lipinski definition) is 0. The standard InChI is InChI=1S/C54H33NO2S/c1-4-19-49-43(14-1)47-32-36(24-28-51(47)56-49)34-22-26-39(27-23-34)55(40-12-7-10-35(30-40)37-25-29-52-48(33-37)44-15-2-5-20-50(44)57-52)41-13-8-11-38(31-41)42-17-9-18-46-45-16-3-6-21-53(45)58-54(42)46/h1-33H. The summed E-state index contributed by atoms with van der Waals surface area (Å²) in [5.41, 5.74) is 13.9. The average Bonchev–Trinajstić information content (AvgIpc) is 3.98. The lowest BCUT2D eigenvalue weighted by Gasteiger charge is -2.27. The van der Waals surface area contributed by atoms with Crippen molar-refractivity contribution in [1.82, 2.24) is 0 Å². The molecule has 0 atom stereocenters. The molecule has 12 aromatic rings. The molecular formula is C54H33NO2S. The summed E-state index contributed by atoms with van der Waals surface area (Å²) in [7, 11) is 0. The van der Waals surface area contributed by atoms with Gasteiger partial charge >= 0.3 is 0 Å². The fourth-order valence-corrected chi connectivity index (χ4v) is 9.91. The molecule has 0 unspecified atom stereocenters. The summed E-state index contributed by atoms with van der Waals surface area (Å²) < 4.78 is 14.9. The normalized spacial score (nSPS) is 11.8. The first-order valence-corrected chi connectivity index (χ1v) is 20.4. The average molecular weight is 760 g/mol. The van der Waals surface area contributed by atoms with E-state index in [1.165, 1.54) is 31.3 Å².